The molecule has 1 aliphatic heterocycles. The number of rotatable bonds is 9. The van der Waals surface area contributed by atoms with E-state index in [2.05, 4.69) is 25.5 Å². The normalized spacial score (nSPS) is 16.4. The highest BCUT2D eigenvalue weighted by Crippen LogP contribution is 2.30. The molecule has 1 saturated heterocycles. The SMILES string of the molecule is CC(F)CNCc1ccc(-c2nnc(-c3nc(-c4ccc(S(=O)(=O)C5CCOC5)cc4)cnc3N)o2)c(F)c1. The van der Waals surface area contributed by atoms with Crippen molar-refractivity contribution < 1.29 is 26.4 Å². The monoisotopic (exact) mass is 556 g/mol. The molecule has 0 spiro atoms. The summed E-state index contributed by atoms with van der Waals surface area (Å²) in [6.07, 6.45) is 0.904. The molecule has 2 unspecified atom stereocenters. The van der Waals surface area contributed by atoms with E-state index in [-0.39, 0.29) is 46.9 Å². The molecule has 0 radical (unpaired) electrons. The van der Waals surface area contributed by atoms with Crippen molar-refractivity contribution in [2.45, 2.75) is 36.2 Å². The molecule has 2 atom stereocenters. The van der Waals surface area contributed by atoms with E-state index in [1.807, 2.05) is 0 Å². The van der Waals surface area contributed by atoms with E-state index >= 15 is 0 Å². The Hall–Kier alpha value is -3.81. The second-order valence-electron chi connectivity index (χ2n) is 9.18. The minimum Gasteiger partial charge on any atom is -0.414 e. The molecule has 0 amide bonds. The summed E-state index contributed by atoms with van der Waals surface area (Å²) >= 11 is 0. The van der Waals surface area contributed by atoms with E-state index in [1.54, 1.807) is 18.2 Å². The van der Waals surface area contributed by atoms with Gasteiger partial charge in [-0.15, -0.1) is 10.2 Å². The summed E-state index contributed by atoms with van der Waals surface area (Å²) in [6, 6.07) is 10.8. The van der Waals surface area contributed by atoms with Gasteiger partial charge in [-0.25, -0.2) is 27.2 Å². The van der Waals surface area contributed by atoms with Crippen LogP contribution in [0.5, 0.6) is 0 Å². The van der Waals surface area contributed by atoms with Gasteiger partial charge in [-0.1, -0.05) is 18.2 Å². The molecule has 0 bridgehead atoms. The van der Waals surface area contributed by atoms with Gasteiger partial charge < -0.3 is 20.2 Å². The summed E-state index contributed by atoms with van der Waals surface area (Å²) in [6.45, 7) is 2.53. The fourth-order valence-electron chi connectivity index (χ4n) is 4.15. The lowest BCUT2D eigenvalue weighted by Crippen LogP contribution is -2.21. The molecular weight excluding hydrogens is 530 g/mol. The zero-order chi connectivity index (χ0) is 27.6. The molecule has 4 aromatic rings. The van der Waals surface area contributed by atoms with Crippen molar-refractivity contribution in [3.05, 3.63) is 60.0 Å². The third kappa shape index (κ3) is 5.79. The number of nitrogens with one attached hydrogen (secondary N) is 1. The van der Waals surface area contributed by atoms with Crippen LogP contribution in [0, 0.1) is 5.82 Å². The Morgan fingerprint density at radius 2 is 1.92 bits per heavy atom. The van der Waals surface area contributed by atoms with Gasteiger partial charge in [-0.05, 0) is 43.2 Å². The summed E-state index contributed by atoms with van der Waals surface area (Å²) in [5.41, 5.74) is 7.84. The summed E-state index contributed by atoms with van der Waals surface area (Å²) in [7, 11) is -3.50. The van der Waals surface area contributed by atoms with E-state index in [9.17, 15) is 17.2 Å². The average Bonchev–Trinajstić information content (AvgIpc) is 3.63. The van der Waals surface area contributed by atoms with Gasteiger partial charge in [0.2, 0.25) is 0 Å². The van der Waals surface area contributed by atoms with Gasteiger partial charge in [0.1, 0.15) is 12.0 Å². The number of ether oxygens (including phenoxy) is 1. The average molecular weight is 557 g/mol. The highest BCUT2D eigenvalue weighted by atomic mass is 32.2. The Kier molecular flexibility index (Phi) is 7.64. The van der Waals surface area contributed by atoms with E-state index in [4.69, 9.17) is 14.9 Å². The molecule has 3 N–H and O–H groups in total. The fourth-order valence-corrected chi connectivity index (χ4v) is 5.73. The van der Waals surface area contributed by atoms with Gasteiger partial charge in [0.25, 0.3) is 11.8 Å². The predicted molar refractivity (Wildman–Crippen MR) is 139 cm³/mol. The van der Waals surface area contributed by atoms with E-state index < -0.39 is 27.1 Å². The lowest BCUT2D eigenvalue weighted by atomic mass is 10.1. The van der Waals surface area contributed by atoms with Crippen LogP contribution in [-0.2, 0) is 21.1 Å². The Morgan fingerprint density at radius 3 is 2.62 bits per heavy atom. The molecule has 13 heteroatoms. The van der Waals surface area contributed by atoms with Gasteiger partial charge in [0.05, 0.1) is 34.2 Å². The van der Waals surface area contributed by atoms with Gasteiger partial charge >= 0.3 is 0 Å². The van der Waals surface area contributed by atoms with E-state index in [0.717, 1.165) is 0 Å². The van der Waals surface area contributed by atoms with Crippen LogP contribution >= 0.6 is 0 Å². The molecule has 204 valence electrons. The van der Waals surface area contributed by atoms with Crippen LogP contribution < -0.4 is 11.1 Å². The number of anilines is 1. The molecule has 1 fully saturated rings. The van der Waals surface area contributed by atoms with Crippen molar-refractivity contribution in [3.63, 3.8) is 0 Å². The molecule has 0 aliphatic carbocycles. The lowest BCUT2D eigenvalue weighted by molar-refractivity contribution is 0.198. The molecule has 3 heterocycles. The molecule has 0 saturated carbocycles. The standard InChI is InChI=1S/C26H26F2N6O4S/c1-15(27)11-30-12-16-2-7-20(21(28)10-16)25-33-34-26(38-25)23-24(29)31-13-22(32-23)17-3-5-18(6-4-17)39(35,36)19-8-9-37-14-19/h2-7,10,13,15,19,30H,8-9,11-12,14H2,1H3,(H2,29,31). The zero-order valence-corrected chi connectivity index (χ0v) is 21.8. The summed E-state index contributed by atoms with van der Waals surface area (Å²) in [5, 5.41) is 10.3. The summed E-state index contributed by atoms with van der Waals surface area (Å²) in [5.74, 6) is -0.681. The van der Waals surface area contributed by atoms with Crippen LogP contribution in [0.3, 0.4) is 0 Å². The second-order valence-corrected chi connectivity index (χ2v) is 11.4. The number of sulfone groups is 1. The van der Waals surface area contributed by atoms with Crippen LogP contribution in [0.4, 0.5) is 14.6 Å². The molecule has 39 heavy (non-hydrogen) atoms. The minimum atomic E-state index is -3.50. The van der Waals surface area contributed by atoms with Crippen molar-refractivity contribution in [3.8, 4) is 34.3 Å². The first-order valence-corrected chi connectivity index (χ1v) is 13.8. The number of nitrogens with two attached hydrogens (primary N) is 1. The quantitative estimate of drug-likeness (QED) is 0.314. The number of aromatic nitrogens is 4. The van der Waals surface area contributed by atoms with Crippen LogP contribution in [0.1, 0.15) is 18.9 Å². The number of alkyl halides is 1. The molecule has 1 aliphatic rings. The number of benzene rings is 2. The smallest absolute Gasteiger partial charge is 0.270 e. The third-order valence-electron chi connectivity index (χ3n) is 6.25. The molecular formula is C26H26F2N6O4S. The summed E-state index contributed by atoms with van der Waals surface area (Å²) in [4.78, 5) is 8.85. The Morgan fingerprint density at radius 1 is 1.15 bits per heavy atom. The third-order valence-corrected chi connectivity index (χ3v) is 8.43. The van der Waals surface area contributed by atoms with Crippen molar-refractivity contribution in [2.24, 2.45) is 0 Å². The highest BCUT2D eigenvalue weighted by Gasteiger charge is 2.31. The maximum absolute atomic E-state index is 14.8. The fraction of sp³-hybridized carbons (Fsp3) is 0.308. The van der Waals surface area contributed by atoms with Gasteiger partial charge in [0, 0.05) is 25.3 Å². The number of hydrogen-bond donors (Lipinski definition) is 2. The Labute approximate surface area is 223 Å². The van der Waals surface area contributed by atoms with Crippen LogP contribution in [0.2, 0.25) is 0 Å². The minimum absolute atomic E-state index is 0.0263. The number of halogens is 2. The number of nitrogen functional groups attached to an aromatic ring is 1. The summed E-state index contributed by atoms with van der Waals surface area (Å²) < 4.78 is 64.3. The maximum Gasteiger partial charge on any atom is 0.270 e. The maximum atomic E-state index is 14.8. The van der Waals surface area contributed by atoms with Crippen molar-refractivity contribution in [2.75, 3.05) is 25.5 Å². The van der Waals surface area contributed by atoms with Crippen LogP contribution in [0.25, 0.3) is 34.3 Å². The molecule has 5 rings (SSSR count). The van der Waals surface area contributed by atoms with Crippen molar-refractivity contribution in [1.29, 1.82) is 0 Å². The number of hydrogen-bond acceptors (Lipinski definition) is 10. The van der Waals surface area contributed by atoms with Gasteiger partial charge in [0.15, 0.2) is 21.3 Å². The van der Waals surface area contributed by atoms with Crippen molar-refractivity contribution >= 4 is 15.7 Å². The van der Waals surface area contributed by atoms with Crippen LogP contribution in [0.15, 0.2) is 58.0 Å². The predicted octanol–water partition coefficient (Wildman–Crippen LogP) is 3.59. The highest BCUT2D eigenvalue weighted by molar-refractivity contribution is 7.92. The van der Waals surface area contributed by atoms with Gasteiger partial charge in [-0.3, -0.25) is 0 Å². The topological polar surface area (TPSA) is 146 Å². The van der Waals surface area contributed by atoms with Gasteiger partial charge in [-0.2, -0.15) is 0 Å². The first kappa shape index (κ1) is 26.8. The van der Waals surface area contributed by atoms with Crippen molar-refractivity contribution in [1.82, 2.24) is 25.5 Å². The largest absolute Gasteiger partial charge is 0.414 e. The number of nitrogens with zero attached hydrogens (tertiary/aromatic N) is 4. The van der Waals surface area contributed by atoms with Crippen LogP contribution in [-0.4, -0.2) is 59.8 Å². The molecule has 2 aromatic carbocycles. The van der Waals surface area contributed by atoms with E-state index in [1.165, 1.54) is 37.4 Å². The Balaban J connectivity index is 1.36. The second kappa shape index (κ2) is 11.1. The zero-order valence-electron chi connectivity index (χ0n) is 21.0. The van der Waals surface area contributed by atoms with E-state index in [0.29, 0.717) is 36.4 Å². The molecule has 10 nitrogen and oxygen atoms in total. The lowest BCUT2D eigenvalue weighted by Gasteiger charge is -2.10. The first-order chi connectivity index (χ1) is 18.7. The Bertz CT molecular complexity index is 1570. The first-order valence-electron chi connectivity index (χ1n) is 12.2. The molecule has 2 aromatic heterocycles.